The molecule has 0 saturated carbocycles. The average molecular weight is 332 g/mol. The van der Waals surface area contributed by atoms with Crippen molar-refractivity contribution >= 4 is 17.8 Å². The lowest BCUT2D eigenvalue weighted by Gasteiger charge is -2.24. The van der Waals surface area contributed by atoms with Gasteiger partial charge in [-0.15, -0.1) is 0 Å². The molecule has 2 rings (SSSR count). The van der Waals surface area contributed by atoms with E-state index < -0.39 is 0 Å². The summed E-state index contributed by atoms with van der Waals surface area (Å²) in [5.41, 5.74) is 4.31. The number of benzene rings is 2. The van der Waals surface area contributed by atoms with E-state index in [0.29, 0.717) is 5.56 Å². The summed E-state index contributed by atoms with van der Waals surface area (Å²) in [7, 11) is 0. The van der Waals surface area contributed by atoms with Crippen LogP contribution in [-0.4, -0.2) is 13.1 Å². The van der Waals surface area contributed by atoms with Crippen molar-refractivity contribution in [3.8, 4) is 6.07 Å². The van der Waals surface area contributed by atoms with Gasteiger partial charge < -0.3 is 4.90 Å². The highest BCUT2D eigenvalue weighted by atomic mass is 15.1. The van der Waals surface area contributed by atoms with Crippen LogP contribution in [0.1, 0.15) is 56.2 Å². The van der Waals surface area contributed by atoms with Gasteiger partial charge in [0.2, 0.25) is 0 Å². The Morgan fingerprint density at radius 2 is 1.28 bits per heavy atom. The van der Waals surface area contributed by atoms with Crippen molar-refractivity contribution in [1.29, 1.82) is 5.26 Å². The van der Waals surface area contributed by atoms with E-state index in [1.807, 2.05) is 24.3 Å². The van der Waals surface area contributed by atoms with E-state index in [1.165, 1.54) is 36.9 Å². The second kappa shape index (κ2) is 10.4. The number of nitriles is 1. The van der Waals surface area contributed by atoms with E-state index in [0.717, 1.165) is 18.7 Å². The molecule has 0 bridgehead atoms. The van der Waals surface area contributed by atoms with Gasteiger partial charge in [0.15, 0.2) is 0 Å². The van der Waals surface area contributed by atoms with Gasteiger partial charge in [0, 0.05) is 18.8 Å². The van der Waals surface area contributed by atoms with Crippen LogP contribution in [0.3, 0.4) is 0 Å². The van der Waals surface area contributed by atoms with Gasteiger partial charge in [-0.25, -0.2) is 0 Å². The summed E-state index contributed by atoms with van der Waals surface area (Å²) >= 11 is 0. The first kappa shape index (κ1) is 18.8. The summed E-state index contributed by atoms with van der Waals surface area (Å²) in [6.45, 7) is 6.76. The molecule has 0 unspecified atom stereocenters. The van der Waals surface area contributed by atoms with Crippen molar-refractivity contribution in [2.24, 2.45) is 0 Å². The summed E-state index contributed by atoms with van der Waals surface area (Å²) in [5.74, 6) is 0. The molecule has 0 radical (unpaired) electrons. The molecule has 2 nitrogen and oxygen atoms in total. The maximum atomic E-state index is 8.84. The first-order valence-electron chi connectivity index (χ1n) is 9.30. The van der Waals surface area contributed by atoms with Crippen molar-refractivity contribution < 1.29 is 0 Å². The average Bonchev–Trinajstić information content (AvgIpc) is 2.67. The quantitative estimate of drug-likeness (QED) is 0.516. The number of rotatable bonds is 9. The number of anilines is 1. The van der Waals surface area contributed by atoms with Crippen molar-refractivity contribution in [2.45, 2.75) is 39.5 Å². The zero-order valence-corrected chi connectivity index (χ0v) is 15.4. The van der Waals surface area contributed by atoms with Crippen LogP contribution in [0.2, 0.25) is 0 Å². The van der Waals surface area contributed by atoms with Gasteiger partial charge in [-0.2, -0.15) is 5.26 Å². The highest BCUT2D eigenvalue weighted by Crippen LogP contribution is 2.18. The summed E-state index contributed by atoms with van der Waals surface area (Å²) in [6.07, 6.45) is 9.14. The molecule has 0 aliphatic rings. The smallest absolute Gasteiger partial charge is 0.0991 e. The Hall–Kier alpha value is -2.53. The zero-order chi connectivity index (χ0) is 17.9. The van der Waals surface area contributed by atoms with Gasteiger partial charge >= 0.3 is 0 Å². The number of nitrogens with zero attached hydrogens (tertiary/aromatic N) is 2. The van der Waals surface area contributed by atoms with Gasteiger partial charge in [-0.1, -0.05) is 63.1 Å². The molecule has 25 heavy (non-hydrogen) atoms. The van der Waals surface area contributed by atoms with Crippen LogP contribution in [0.5, 0.6) is 0 Å². The summed E-state index contributed by atoms with van der Waals surface area (Å²) in [4.78, 5) is 2.50. The van der Waals surface area contributed by atoms with Crippen LogP contribution in [0.15, 0.2) is 48.5 Å². The Morgan fingerprint density at radius 1 is 0.800 bits per heavy atom. The third kappa shape index (κ3) is 6.12. The molecule has 2 aromatic carbocycles. The first-order valence-corrected chi connectivity index (χ1v) is 9.30. The Bertz CT molecular complexity index is 682. The number of hydrogen-bond donors (Lipinski definition) is 0. The topological polar surface area (TPSA) is 27.0 Å². The molecular weight excluding hydrogens is 304 g/mol. The standard InChI is InChI=1S/C23H28N2/c1-3-5-17-25(18-6-4-2)23-15-13-21(14-16-23)8-7-20-9-11-22(19-24)12-10-20/h7-16H,3-6,17-18H2,1-2H3/b8-7+. The fourth-order valence-electron chi connectivity index (χ4n) is 2.73. The van der Waals surface area contributed by atoms with E-state index in [9.17, 15) is 0 Å². The van der Waals surface area contributed by atoms with Gasteiger partial charge in [-0.05, 0) is 48.2 Å². The molecule has 0 aliphatic carbocycles. The molecule has 0 saturated heterocycles. The SMILES string of the molecule is CCCCN(CCCC)c1ccc(/C=C/c2ccc(C#N)cc2)cc1. The summed E-state index contributed by atoms with van der Waals surface area (Å²) in [5, 5.41) is 8.84. The lowest BCUT2D eigenvalue weighted by molar-refractivity contribution is 0.678. The van der Waals surface area contributed by atoms with Crippen LogP contribution in [0.25, 0.3) is 12.2 Å². The fraction of sp³-hybridized carbons (Fsp3) is 0.348. The summed E-state index contributed by atoms with van der Waals surface area (Å²) in [6, 6.07) is 18.6. The largest absolute Gasteiger partial charge is 0.372 e. The van der Waals surface area contributed by atoms with E-state index in [2.05, 4.69) is 61.2 Å². The van der Waals surface area contributed by atoms with Gasteiger partial charge in [0.1, 0.15) is 0 Å². The normalized spacial score (nSPS) is 10.8. The number of hydrogen-bond acceptors (Lipinski definition) is 2. The van der Waals surface area contributed by atoms with Crippen LogP contribution in [0, 0.1) is 11.3 Å². The van der Waals surface area contributed by atoms with E-state index in [4.69, 9.17) is 5.26 Å². The van der Waals surface area contributed by atoms with Crippen molar-refractivity contribution in [1.82, 2.24) is 0 Å². The molecule has 0 aromatic heterocycles. The van der Waals surface area contributed by atoms with Gasteiger partial charge in [0.05, 0.1) is 11.6 Å². The van der Waals surface area contributed by atoms with E-state index in [1.54, 1.807) is 0 Å². The molecule has 0 spiro atoms. The minimum atomic E-state index is 0.695. The predicted octanol–water partition coefficient (Wildman–Crippen LogP) is 6.14. The highest BCUT2D eigenvalue weighted by Gasteiger charge is 2.05. The Labute approximate surface area is 152 Å². The second-order valence-corrected chi connectivity index (χ2v) is 6.35. The first-order chi connectivity index (χ1) is 12.3. The maximum Gasteiger partial charge on any atom is 0.0991 e. The molecule has 0 amide bonds. The lowest BCUT2D eigenvalue weighted by Crippen LogP contribution is -2.25. The minimum Gasteiger partial charge on any atom is -0.372 e. The molecule has 0 atom stereocenters. The van der Waals surface area contributed by atoms with E-state index >= 15 is 0 Å². The second-order valence-electron chi connectivity index (χ2n) is 6.35. The van der Waals surface area contributed by atoms with E-state index in [-0.39, 0.29) is 0 Å². The number of unbranched alkanes of at least 4 members (excludes halogenated alkanes) is 2. The molecular formula is C23H28N2. The van der Waals surface area contributed by atoms with Gasteiger partial charge in [-0.3, -0.25) is 0 Å². The molecule has 0 fully saturated rings. The minimum absolute atomic E-state index is 0.695. The van der Waals surface area contributed by atoms with Gasteiger partial charge in [0.25, 0.3) is 0 Å². The third-order valence-electron chi connectivity index (χ3n) is 4.33. The predicted molar refractivity (Wildman–Crippen MR) is 109 cm³/mol. The molecule has 2 heteroatoms. The maximum absolute atomic E-state index is 8.84. The van der Waals surface area contributed by atoms with Crippen LogP contribution in [-0.2, 0) is 0 Å². The molecule has 0 aliphatic heterocycles. The third-order valence-corrected chi connectivity index (χ3v) is 4.33. The van der Waals surface area contributed by atoms with Crippen LogP contribution >= 0.6 is 0 Å². The Morgan fingerprint density at radius 3 is 1.72 bits per heavy atom. The van der Waals surface area contributed by atoms with Crippen LogP contribution in [0.4, 0.5) is 5.69 Å². The van der Waals surface area contributed by atoms with Crippen LogP contribution < -0.4 is 4.90 Å². The van der Waals surface area contributed by atoms with Crippen molar-refractivity contribution in [2.75, 3.05) is 18.0 Å². The summed E-state index contributed by atoms with van der Waals surface area (Å²) < 4.78 is 0. The Balaban J connectivity index is 2.03. The molecule has 2 aromatic rings. The molecule has 0 N–H and O–H groups in total. The lowest BCUT2D eigenvalue weighted by atomic mass is 10.1. The Kier molecular flexibility index (Phi) is 7.79. The van der Waals surface area contributed by atoms with Crippen molar-refractivity contribution in [3.63, 3.8) is 0 Å². The highest BCUT2D eigenvalue weighted by molar-refractivity contribution is 5.70. The molecule has 130 valence electrons. The monoisotopic (exact) mass is 332 g/mol. The zero-order valence-electron chi connectivity index (χ0n) is 15.4. The van der Waals surface area contributed by atoms with Crippen molar-refractivity contribution in [3.05, 3.63) is 65.2 Å². The fourth-order valence-corrected chi connectivity index (χ4v) is 2.73. The molecule has 0 heterocycles.